The van der Waals surface area contributed by atoms with Crippen LogP contribution in [-0.2, 0) is 23.7 Å². The lowest BCUT2D eigenvalue weighted by atomic mass is 10.4. The second-order valence-corrected chi connectivity index (χ2v) is 5.91. The van der Waals surface area contributed by atoms with Gasteiger partial charge in [-0.05, 0) is 27.7 Å². The maximum absolute atomic E-state index is 8.59. The molecule has 0 amide bonds. The molecule has 0 radical (unpaired) electrons. The summed E-state index contributed by atoms with van der Waals surface area (Å²) in [7, 11) is 0. The number of ether oxygens (including phenoxy) is 5. The molecule has 2 aliphatic heterocycles. The summed E-state index contributed by atoms with van der Waals surface area (Å²) in [5.41, 5.74) is 0. The molecular formula is C15H28O6. The first kappa shape index (κ1) is 18.5. The first-order chi connectivity index (χ1) is 9.78. The smallest absolute Gasteiger partial charge is 0.163 e. The van der Waals surface area contributed by atoms with E-state index in [4.69, 9.17) is 28.8 Å². The molecule has 0 bridgehead atoms. The van der Waals surface area contributed by atoms with Gasteiger partial charge in [0.2, 0.25) is 0 Å². The zero-order chi connectivity index (χ0) is 15.9. The fraction of sp³-hybridized carbons (Fsp3) is 0.867. The third-order valence-electron chi connectivity index (χ3n) is 2.88. The predicted octanol–water partition coefficient (Wildman–Crippen LogP) is 1.47. The van der Waals surface area contributed by atoms with E-state index in [-0.39, 0.29) is 18.8 Å². The van der Waals surface area contributed by atoms with E-state index in [1.807, 2.05) is 27.7 Å². The monoisotopic (exact) mass is 304 g/mol. The van der Waals surface area contributed by atoms with Crippen LogP contribution < -0.4 is 0 Å². The van der Waals surface area contributed by atoms with Gasteiger partial charge in [-0.1, -0.05) is 6.08 Å². The Bertz CT molecular complexity index is 315. The van der Waals surface area contributed by atoms with Crippen molar-refractivity contribution < 1.29 is 28.8 Å². The topological polar surface area (TPSA) is 66.4 Å². The van der Waals surface area contributed by atoms with Crippen LogP contribution in [0.1, 0.15) is 27.7 Å². The van der Waals surface area contributed by atoms with Gasteiger partial charge in [-0.3, -0.25) is 0 Å². The van der Waals surface area contributed by atoms with Crippen molar-refractivity contribution in [1.29, 1.82) is 0 Å². The Hall–Kier alpha value is -0.500. The number of hydrogen-bond donors (Lipinski definition) is 1. The summed E-state index contributed by atoms with van der Waals surface area (Å²) in [5.74, 6) is -0.935. The van der Waals surface area contributed by atoms with Gasteiger partial charge in [-0.25, -0.2) is 0 Å². The molecule has 0 aromatic rings. The normalized spacial score (nSPS) is 29.8. The molecule has 2 saturated heterocycles. The highest BCUT2D eigenvalue weighted by Crippen LogP contribution is 2.22. The average molecular weight is 304 g/mol. The van der Waals surface area contributed by atoms with E-state index >= 15 is 0 Å². The highest BCUT2D eigenvalue weighted by atomic mass is 16.8. The van der Waals surface area contributed by atoms with Crippen molar-refractivity contribution in [3.8, 4) is 0 Å². The van der Waals surface area contributed by atoms with Gasteiger partial charge in [0.25, 0.3) is 0 Å². The Morgan fingerprint density at radius 2 is 1.62 bits per heavy atom. The molecule has 2 unspecified atom stereocenters. The minimum atomic E-state index is -0.493. The molecule has 21 heavy (non-hydrogen) atoms. The summed E-state index contributed by atoms with van der Waals surface area (Å²) in [4.78, 5) is 0. The molecule has 2 rings (SSSR count). The van der Waals surface area contributed by atoms with Crippen molar-refractivity contribution in [3.63, 3.8) is 0 Å². The SMILES string of the molecule is C=CCOCC1COC(C)(C)O1.CC1(C)OCC(CO)O1. The second kappa shape index (κ2) is 8.22. The molecule has 124 valence electrons. The van der Waals surface area contributed by atoms with Crippen LogP contribution in [0.15, 0.2) is 12.7 Å². The van der Waals surface area contributed by atoms with Gasteiger partial charge in [-0.15, -0.1) is 6.58 Å². The summed E-state index contributed by atoms with van der Waals surface area (Å²) in [6.07, 6.45) is 1.67. The third kappa shape index (κ3) is 7.35. The van der Waals surface area contributed by atoms with E-state index in [9.17, 15) is 0 Å². The van der Waals surface area contributed by atoms with Crippen molar-refractivity contribution in [2.24, 2.45) is 0 Å². The van der Waals surface area contributed by atoms with E-state index in [1.165, 1.54) is 0 Å². The zero-order valence-electron chi connectivity index (χ0n) is 13.5. The van der Waals surface area contributed by atoms with E-state index in [2.05, 4.69) is 6.58 Å². The minimum absolute atomic E-state index is 0.0451. The van der Waals surface area contributed by atoms with Crippen molar-refractivity contribution in [2.75, 3.05) is 33.0 Å². The largest absolute Gasteiger partial charge is 0.394 e. The average Bonchev–Trinajstić information content (AvgIpc) is 2.93. The maximum atomic E-state index is 8.59. The lowest BCUT2D eigenvalue weighted by molar-refractivity contribution is -0.144. The Morgan fingerprint density at radius 1 is 1.10 bits per heavy atom. The highest BCUT2D eigenvalue weighted by molar-refractivity contribution is 4.71. The van der Waals surface area contributed by atoms with Crippen LogP contribution in [0.4, 0.5) is 0 Å². The molecule has 0 saturated carbocycles. The van der Waals surface area contributed by atoms with E-state index in [1.54, 1.807) is 6.08 Å². The third-order valence-corrected chi connectivity index (χ3v) is 2.88. The Kier molecular flexibility index (Phi) is 7.26. The molecule has 2 atom stereocenters. The van der Waals surface area contributed by atoms with Crippen LogP contribution >= 0.6 is 0 Å². The molecule has 1 N–H and O–H groups in total. The first-order valence-electron chi connectivity index (χ1n) is 7.21. The Balaban J connectivity index is 0.000000219. The van der Waals surface area contributed by atoms with Crippen LogP contribution in [0.2, 0.25) is 0 Å². The maximum Gasteiger partial charge on any atom is 0.163 e. The van der Waals surface area contributed by atoms with Gasteiger partial charge in [0.15, 0.2) is 11.6 Å². The predicted molar refractivity (Wildman–Crippen MR) is 77.9 cm³/mol. The van der Waals surface area contributed by atoms with Gasteiger partial charge in [0.1, 0.15) is 12.2 Å². The second-order valence-electron chi connectivity index (χ2n) is 5.91. The first-order valence-corrected chi connectivity index (χ1v) is 7.21. The van der Waals surface area contributed by atoms with E-state index < -0.39 is 11.6 Å². The molecule has 2 aliphatic rings. The van der Waals surface area contributed by atoms with Crippen LogP contribution in [-0.4, -0.2) is 61.9 Å². The highest BCUT2D eigenvalue weighted by Gasteiger charge is 2.32. The van der Waals surface area contributed by atoms with Crippen LogP contribution in [0, 0.1) is 0 Å². The summed E-state index contributed by atoms with van der Waals surface area (Å²) < 4.78 is 26.5. The molecule has 0 aromatic heterocycles. The molecule has 6 heteroatoms. The summed E-state index contributed by atoms with van der Waals surface area (Å²) in [5, 5.41) is 8.59. The molecular weight excluding hydrogens is 276 g/mol. The van der Waals surface area contributed by atoms with E-state index in [0.717, 1.165) is 0 Å². The van der Waals surface area contributed by atoms with Gasteiger partial charge >= 0.3 is 0 Å². The van der Waals surface area contributed by atoms with Gasteiger partial charge in [-0.2, -0.15) is 0 Å². The van der Waals surface area contributed by atoms with Crippen molar-refractivity contribution >= 4 is 0 Å². The standard InChI is InChI=1S/C9H16O3.C6H12O3/c1-4-5-10-6-8-7-11-9(2,3)12-8;1-6(2)8-4-5(3-7)9-6/h4,8H,1,5-7H2,2-3H3;5,7H,3-4H2,1-2H3. The number of hydrogen-bond acceptors (Lipinski definition) is 6. The molecule has 6 nitrogen and oxygen atoms in total. The molecule has 0 spiro atoms. The summed E-state index contributed by atoms with van der Waals surface area (Å²) in [6, 6.07) is 0. The number of aliphatic hydroxyl groups excluding tert-OH is 1. The Labute approximate surface area is 127 Å². The quantitative estimate of drug-likeness (QED) is 0.613. The van der Waals surface area contributed by atoms with Crippen LogP contribution in [0.25, 0.3) is 0 Å². The lowest BCUT2D eigenvalue weighted by Gasteiger charge is -2.16. The number of rotatable bonds is 5. The molecule has 2 fully saturated rings. The minimum Gasteiger partial charge on any atom is -0.394 e. The molecule has 0 aromatic carbocycles. The van der Waals surface area contributed by atoms with Crippen molar-refractivity contribution in [1.82, 2.24) is 0 Å². The van der Waals surface area contributed by atoms with Gasteiger partial charge < -0.3 is 28.8 Å². The molecule has 2 heterocycles. The van der Waals surface area contributed by atoms with Crippen molar-refractivity contribution in [2.45, 2.75) is 51.5 Å². The van der Waals surface area contributed by atoms with Gasteiger partial charge in [0.05, 0.1) is 33.0 Å². The van der Waals surface area contributed by atoms with Crippen LogP contribution in [0.5, 0.6) is 0 Å². The van der Waals surface area contributed by atoms with Gasteiger partial charge in [0, 0.05) is 0 Å². The summed E-state index contributed by atoms with van der Waals surface area (Å²) in [6.45, 7) is 13.3. The zero-order valence-corrected chi connectivity index (χ0v) is 13.5. The Morgan fingerprint density at radius 3 is 1.95 bits per heavy atom. The van der Waals surface area contributed by atoms with E-state index in [0.29, 0.717) is 26.4 Å². The molecule has 0 aliphatic carbocycles. The fourth-order valence-electron chi connectivity index (χ4n) is 1.98. The summed E-state index contributed by atoms with van der Waals surface area (Å²) >= 11 is 0. The van der Waals surface area contributed by atoms with Crippen LogP contribution in [0.3, 0.4) is 0 Å². The number of aliphatic hydroxyl groups is 1. The van der Waals surface area contributed by atoms with Crippen molar-refractivity contribution in [3.05, 3.63) is 12.7 Å². The fourth-order valence-corrected chi connectivity index (χ4v) is 1.98. The lowest BCUT2D eigenvalue weighted by Crippen LogP contribution is -2.24.